The third kappa shape index (κ3) is 27.8. The minimum absolute atomic E-state index is 0.00955. The van der Waals surface area contributed by atoms with Crippen LogP contribution in [0, 0.1) is 0 Å². The minimum atomic E-state index is -3.09. The Labute approximate surface area is 586 Å². The normalized spacial score (nSPS) is 17.2. The fraction of sp³-hybridized carbons (Fsp3) is 0.579. The highest BCUT2D eigenvalue weighted by Gasteiger charge is 2.46. The number of carbonyl (C=O) groups excluding carboxylic acids is 9. The SMILES string of the molecule is CC(=O)c1nc(CNc2ccc(C(=O)N[C@@H](CCC(=O)N[C@H](C(=O)N[C@@H](CC(=O)O)C(=O)N[C@H](C(=O)N[C@H](C(=O)N[C@@H](CC(=O)O)C(=O)N[C@H](C(=O)N[C@@H](CS)C(=O)O)[C@@H](O)[C@H](O)[C@H](O)CO)[C@@H](O)[C@H](O)[C@H](O)CO)[C@@H](O)[C@H](O)[C@H](O)CO)[C@@H](O)[C@H](O)[C@H](O)CO)C(=O)O)cc2)cnc1N=C(C)C. The number of carbonyl (C=O) groups is 13. The number of hydrogen-bond donors (Lipinski definition) is 30. The van der Waals surface area contributed by atoms with Crippen molar-refractivity contribution >= 4 is 107 Å². The molecule has 0 fully saturated rings. The van der Waals surface area contributed by atoms with Gasteiger partial charge in [0.2, 0.25) is 41.4 Å². The molecular weight excluding hydrogens is 1410 g/mol. The molecule has 103 heavy (non-hydrogen) atoms. The molecule has 2 aromatic rings. The second kappa shape index (κ2) is 43.0. The van der Waals surface area contributed by atoms with E-state index in [1.807, 2.05) is 5.32 Å². The zero-order valence-corrected chi connectivity index (χ0v) is 55.4. The van der Waals surface area contributed by atoms with Gasteiger partial charge in [0.05, 0.1) is 57.7 Å². The first-order valence-electron chi connectivity index (χ1n) is 30.4. The second-order valence-corrected chi connectivity index (χ2v) is 23.2. The second-order valence-electron chi connectivity index (χ2n) is 22.8. The largest absolute Gasteiger partial charge is 0.481 e. The lowest BCUT2D eigenvalue weighted by molar-refractivity contribution is -0.149. The summed E-state index contributed by atoms with van der Waals surface area (Å²) in [6.45, 7) is -1.02. The summed E-state index contributed by atoms with van der Waals surface area (Å²) < 4.78 is 0. The van der Waals surface area contributed by atoms with Gasteiger partial charge in [-0.15, -0.1) is 0 Å². The number of nitrogens with one attached hydrogen (secondary N) is 9. The van der Waals surface area contributed by atoms with Gasteiger partial charge < -0.3 is 150 Å². The molecule has 29 N–H and O–H groups in total. The Morgan fingerprint density at radius 3 is 1.16 bits per heavy atom. The molecule has 0 unspecified atom stereocenters. The highest BCUT2D eigenvalue weighted by Crippen LogP contribution is 2.19. The number of amides is 8. The number of aliphatic carboxylic acids is 4. The van der Waals surface area contributed by atoms with Crippen molar-refractivity contribution < 1.29 is 164 Å². The number of aliphatic hydroxyl groups excluding tert-OH is 16. The molecule has 1 heterocycles. The molecule has 0 radical (unpaired) electrons. The number of nitrogens with zero attached hydrogens (tertiary/aromatic N) is 3. The predicted molar refractivity (Wildman–Crippen MR) is 342 cm³/mol. The monoisotopic (exact) mass is 1500 g/mol. The molecule has 8 amide bonds. The molecule has 0 saturated carbocycles. The fourth-order valence-electron chi connectivity index (χ4n) is 8.83. The third-order valence-electron chi connectivity index (χ3n) is 14.6. The Morgan fingerprint density at radius 2 is 0.816 bits per heavy atom. The molecule has 45 nitrogen and oxygen atoms in total. The highest BCUT2D eigenvalue weighted by molar-refractivity contribution is 7.80. The van der Waals surface area contributed by atoms with Crippen LogP contribution in [0.25, 0.3) is 0 Å². The summed E-state index contributed by atoms with van der Waals surface area (Å²) in [7, 11) is 0. The molecule has 1 aromatic heterocycles. The third-order valence-corrected chi connectivity index (χ3v) is 15.0. The van der Waals surface area contributed by atoms with Crippen LogP contribution < -0.4 is 47.9 Å². The summed E-state index contributed by atoms with van der Waals surface area (Å²) in [5.41, 5.74) is 1.21. The van der Waals surface area contributed by atoms with E-state index in [4.69, 9.17) is 0 Å². The number of aliphatic hydroxyl groups is 16. The van der Waals surface area contributed by atoms with E-state index in [2.05, 4.69) is 38.2 Å². The van der Waals surface area contributed by atoms with E-state index >= 15 is 0 Å². The first-order chi connectivity index (χ1) is 48.1. The number of carboxylic acids is 4. The van der Waals surface area contributed by atoms with Crippen molar-refractivity contribution in [3.63, 3.8) is 0 Å². The summed E-state index contributed by atoms with van der Waals surface area (Å²) in [6.07, 6.45) is -36.3. The number of rotatable bonds is 46. The number of benzene rings is 1. The lowest BCUT2D eigenvalue weighted by Gasteiger charge is -2.34. The predicted octanol–water partition coefficient (Wildman–Crippen LogP) is -14.0. The van der Waals surface area contributed by atoms with E-state index in [0.29, 0.717) is 17.1 Å². The molecule has 0 aliphatic heterocycles. The van der Waals surface area contributed by atoms with Gasteiger partial charge in [-0.2, -0.15) is 12.6 Å². The molecule has 0 bridgehead atoms. The molecule has 0 saturated heterocycles. The average molecular weight is 1500 g/mol. The van der Waals surface area contributed by atoms with E-state index in [-0.39, 0.29) is 23.6 Å². The number of anilines is 1. The number of aliphatic imine (C=N–C) groups is 1. The number of carboxylic acid groups (broad SMARTS) is 4. The molecule has 0 aliphatic carbocycles. The van der Waals surface area contributed by atoms with Crippen LogP contribution in [0.1, 0.15) is 73.0 Å². The zero-order chi connectivity index (χ0) is 78.6. The van der Waals surface area contributed by atoms with E-state index in [9.17, 15) is 164 Å². The van der Waals surface area contributed by atoms with Crippen LogP contribution in [0.15, 0.2) is 35.5 Å². The Balaban J connectivity index is 2.62. The number of hydrogen-bond acceptors (Lipinski definition) is 34. The van der Waals surface area contributed by atoms with Gasteiger partial charge in [0.1, 0.15) is 122 Å². The van der Waals surface area contributed by atoms with Gasteiger partial charge in [-0.25, -0.2) is 24.5 Å². The van der Waals surface area contributed by atoms with Crippen molar-refractivity contribution in [3.05, 3.63) is 47.4 Å². The Bertz CT molecular complexity index is 3300. The maximum atomic E-state index is 14.4. The summed E-state index contributed by atoms with van der Waals surface area (Å²) in [4.78, 5) is 184. The summed E-state index contributed by atoms with van der Waals surface area (Å²) in [5, 5.41) is 222. The molecule has 1 aromatic carbocycles. The smallest absolute Gasteiger partial charge is 0.327 e. The number of ketones is 1. The minimum Gasteiger partial charge on any atom is -0.481 e. The fourth-order valence-corrected chi connectivity index (χ4v) is 9.08. The Hall–Kier alpha value is -9.21. The molecule has 46 heteroatoms. The van der Waals surface area contributed by atoms with Crippen molar-refractivity contribution in [2.45, 2.75) is 175 Å². The zero-order valence-electron chi connectivity index (χ0n) is 54.5. The summed E-state index contributed by atoms with van der Waals surface area (Å²) in [6, 6.07) is -15.6. The van der Waals surface area contributed by atoms with Crippen molar-refractivity contribution in [1.29, 1.82) is 0 Å². The van der Waals surface area contributed by atoms with E-state index < -0.39 is 256 Å². The first-order valence-corrected chi connectivity index (χ1v) is 31.0. The van der Waals surface area contributed by atoms with Crippen LogP contribution in [-0.4, -0.2) is 348 Å². The lowest BCUT2D eigenvalue weighted by Crippen LogP contribution is -2.67. The van der Waals surface area contributed by atoms with Gasteiger partial charge in [-0.05, 0) is 44.5 Å². The van der Waals surface area contributed by atoms with E-state index in [0.717, 1.165) is 0 Å². The summed E-state index contributed by atoms with van der Waals surface area (Å²) in [5.74, 6) is -23.1. The number of Topliss-reactive ketones (excluding diaryl/α,β-unsaturated/α-hetero) is 1. The quantitative estimate of drug-likeness (QED) is 0.0166. The van der Waals surface area contributed by atoms with Crippen molar-refractivity contribution in [1.82, 2.24) is 52.5 Å². The molecule has 0 aliphatic rings. The van der Waals surface area contributed by atoms with Crippen LogP contribution >= 0.6 is 12.6 Å². The van der Waals surface area contributed by atoms with Crippen molar-refractivity contribution in [2.24, 2.45) is 4.99 Å². The van der Waals surface area contributed by atoms with Crippen LogP contribution in [0.2, 0.25) is 0 Å². The van der Waals surface area contributed by atoms with Crippen LogP contribution in [-0.2, 0) is 59.3 Å². The summed E-state index contributed by atoms with van der Waals surface area (Å²) >= 11 is 3.73. The molecule has 2 rings (SSSR count). The number of aromatic nitrogens is 2. The van der Waals surface area contributed by atoms with E-state index in [1.54, 1.807) is 45.7 Å². The van der Waals surface area contributed by atoms with Gasteiger partial charge in [0.15, 0.2) is 17.3 Å². The van der Waals surface area contributed by atoms with Gasteiger partial charge in [0, 0.05) is 36.1 Å². The number of thiol groups is 1. The van der Waals surface area contributed by atoms with Gasteiger partial charge in [0.25, 0.3) is 5.91 Å². The molecule has 0 spiro atoms. The maximum absolute atomic E-state index is 14.4. The first kappa shape index (κ1) is 89.9. The Kier molecular flexibility index (Phi) is 37.5. The van der Waals surface area contributed by atoms with Gasteiger partial charge >= 0.3 is 23.9 Å². The standard InChI is InChI=1S/C57H84N12O33S/c1-19(2)60-48-35(20(3)74)61-23(13-59-48)12-58-22-6-4-21(5-7-22)49(92)62-24(56(99)100)8-9-32(79)66-36(44(88)40(84)28(75)14-70)52(95)63-25(10-33(80)81)51(94)68-39(47(91)43(87)31(78)17-73)55(98)69-38(46(90)42(86)30(77)16-72)53(96)64-26(11-34(82)83)50(93)67-37(45(89)41(85)29(76)15-71)54(97)65-27(18-103)57(101)102/h4-7,13,24-31,36-47,58,70-73,75-78,84-91,103H,8-12,14-18H2,1-3H3,(H,62,92)(H,63,95)(H,64,96)(H,65,97)(H,66,79)(H,67,93)(H,68,94)(H,69,98)(H,80,81)(H,82,83)(H,99,100)(H,101,102)/t24-,25-,26-,27-,28+,29+,30+,31+,36-,37-,38-,39-,40+,41+,42+,43+,44+,45+,46+,47+/m0/s1. The molecular formula is C57H84N12O33S. The van der Waals surface area contributed by atoms with Crippen molar-refractivity contribution in [2.75, 3.05) is 37.5 Å². The molecule has 20 atom stereocenters. The van der Waals surface area contributed by atoms with E-state index in [1.165, 1.54) is 37.4 Å². The van der Waals surface area contributed by atoms with Gasteiger partial charge in [-0.3, -0.25) is 52.7 Å². The molecule has 576 valence electrons. The average Bonchev–Trinajstić information content (AvgIpc) is 0.830. The topological polar surface area (TPSA) is 773 Å². The van der Waals surface area contributed by atoms with Crippen molar-refractivity contribution in [3.8, 4) is 0 Å². The Morgan fingerprint density at radius 1 is 0.456 bits per heavy atom. The van der Waals surface area contributed by atoms with Crippen LogP contribution in [0.4, 0.5) is 11.5 Å². The van der Waals surface area contributed by atoms with Crippen LogP contribution in [0.5, 0.6) is 0 Å². The lowest BCUT2D eigenvalue weighted by atomic mass is 9.96. The van der Waals surface area contributed by atoms with Gasteiger partial charge in [-0.1, -0.05) is 0 Å². The van der Waals surface area contributed by atoms with Crippen LogP contribution in [0.3, 0.4) is 0 Å². The highest BCUT2D eigenvalue weighted by atomic mass is 32.1. The maximum Gasteiger partial charge on any atom is 0.327 e.